The van der Waals surface area contributed by atoms with Gasteiger partial charge in [0.2, 0.25) is 0 Å². The van der Waals surface area contributed by atoms with Crippen molar-refractivity contribution in [2.75, 3.05) is 5.73 Å². The van der Waals surface area contributed by atoms with Crippen LogP contribution in [0.1, 0.15) is 46.6 Å². The second-order valence-corrected chi connectivity index (χ2v) is 2.49. The lowest BCUT2D eigenvalue weighted by Gasteiger charge is -1.97. The largest absolute Gasteiger partial charge is 0.399 e. The van der Waals surface area contributed by atoms with E-state index in [-0.39, 0.29) is 0 Å². The SMILES string of the molecule is CC.CC.CCCc1ccc(N)cc1. The summed E-state index contributed by atoms with van der Waals surface area (Å²) >= 11 is 0. The number of aryl methyl sites for hydroxylation is 1. The van der Waals surface area contributed by atoms with Crippen molar-refractivity contribution in [3.63, 3.8) is 0 Å². The van der Waals surface area contributed by atoms with Crippen LogP contribution in [0.5, 0.6) is 0 Å². The first-order chi connectivity index (χ1) is 6.83. The van der Waals surface area contributed by atoms with Crippen molar-refractivity contribution < 1.29 is 0 Å². The first-order valence-corrected chi connectivity index (χ1v) is 5.67. The third-order valence-electron chi connectivity index (χ3n) is 1.52. The van der Waals surface area contributed by atoms with Gasteiger partial charge in [0.1, 0.15) is 0 Å². The Bertz CT molecular complexity index is 189. The number of hydrogen-bond donors (Lipinski definition) is 1. The molecule has 1 aromatic carbocycles. The van der Waals surface area contributed by atoms with Gasteiger partial charge in [-0.15, -0.1) is 0 Å². The number of nitrogens with two attached hydrogens (primary N) is 1. The van der Waals surface area contributed by atoms with E-state index in [4.69, 9.17) is 5.73 Å². The predicted octanol–water partition coefficient (Wildman–Crippen LogP) is 4.27. The van der Waals surface area contributed by atoms with E-state index >= 15 is 0 Å². The molecule has 0 aliphatic rings. The number of hydrogen-bond acceptors (Lipinski definition) is 1. The van der Waals surface area contributed by atoms with Gasteiger partial charge < -0.3 is 5.73 Å². The van der Waals surface area contributed by atoms with Crippen LogP contribution >= 0.6 is 0 Å². The van der Waals surface area contributed by atoms with Crippen molar-refractivity contribution in [2.24, 2.45) is 0 Å². The maximum Gasteiger partial charge on any atom is 0.0314 e. The second-order valence-electron chi connectivity index (χ2n) is 2.49. The topological polar surface area (TPSA) is 26.0 Å². The summed E-state index contributed by atoms with van der Waals surface area (Å²) in [7, 11) is 0. The van der Waals surface area contributed by atoms with Gasteiger partial charge >= 0.3 is 0 Å². The molecule has 0 bridgehead atoms. The van der Waals surface area contributed by atoms with E-state index in [2.05, 4.69) is 19.1 Å². The standard InChI is InChI=1S/C9H13N.2C2H6/c1-2-3-8-4-6-9(10)7-5-8;2*1-2/h4-7H,2-3,10H2,1H3;2*1-2H3. The Morgan fingerprint density at radius 1 is 0.929 bits per heavy atom. The highest BCUT2D eigenvalue weighted by Crippen LogP contribution is 2.06. The molecule has 0 atom stereocenters. The first-order valence-electron chi connectivity index (χ1n) is 5.67. The molecular formula is C13H25N. The highest BCUT2D eigenvalue weighted by Gasteiger charge is 1.88. The molecule has 0 saturated carbocycles. The van der Waals surface area contributed by atoms with Crippen molar-refractivity contribution in [3.05, 3.63) is 29.8 Å². The average molecular weight is 195 g/mol. The average Bonchev–Trinajstić information content (AvgIpc) is 2.28. The van der Waals surface area contributed by atoms with E-state index in [1.165, 1.54) is 12.0 Å². The Hall–Kier alpha value is -0.980. The maximum absolute atomic E-state index is 5.52. The molecule has 14 heavy (non-hydrogen) atoms. The van der Waals surface area contributed by atoms with Gasteiger partial charge in [-0.3, -0.25) is 0 Å². The van der Waals surface area contributed by atoms with Crippen molar-refractivity contribution >= 4 is 5.69 Å². The highest BCUT2D eigenvalue weighted by molar-refractivity contribution is 5.39. The molecule has 0 radical (unpaired) electrons. The fourth-order valence-corrected chi connectivity index (χ4v) is 0.973. The van der Waals surface area contributed by atoms with E-state index in [1.54, 1.807) is 0 Å². The molecule has 0 aliphatic carbocycles. The van der Waals surface area contributed by atoms with Gasteiger partial charge in [-0.05, 0) is 24.1 Å². The van der Waals surface area contributed by atoms with E-state index < -0.39 is 0 Å². The summed E-state index contributed by atoms with van der Waals surface area (Å²) in [5, 5.41) is 0. The van der Waals surface area contributed by atoms with Crippen LogP contribution in [0.3, 0.4) is 0 Å². The monoisotopic (exact) mass is 195 g/mol. The van der Waals surface area contributed by atoms with Crippen LogP contribution in [0.25, 0.3) is 0 Å². The van der Waals surface area contributed by atoms with Crippen molar-refractivity contribution in [1.29, 1.82) is 0 Å². The van der Waals surface area contributed by atoms with E-state index in [9.17, 15) is 0 Å². The summed E-state index contributed by atoms with van der Waals surface area (Å²) in [6.07, 6.45) is 2.35. The predicted molar refractivity (Wildman–Crippen MR) is 67.5 cm³/mol. The third-order valence-corrected chi connectivity index (χ3v) is 1.52. The number of anilines is 1. The maximum atomic E-state index is 5.52. The quantitative estimate of drug-likeness (QED) is 0.701. The fourth-order valence-electron chi connectivity index (χ4n) is 0.973. The molecule has 0 saturated heterocycles. The van der Waals surface area contributed by atoms with E-state index in [0.717, 1.165) is 12.1 Å². The summed E-state index contributed by atoms with van der Waals surface area (Å²) in [5.41, 5.74) is 7.74. The van der Waals surface area contributed by atoms with E-state index in [0.29, 0.717) is 0 Å². The van der Waals surface area contributed by atoms with Gasteiger partial charge in [0, 0.05) is 5.69 Å². The Morgan fingerprint density at radius 2 is 1.36 bits per heavy atom. The van der Waals surface area contributed by atoms with Crippen molar-refractivity contribution in [2.45, 2.75) is 47.5 Å². The van der Waals surface area contributed by atoms with Crippen LogP contribution in [0, 0.1) is 0 Å². The third kappa shape index (κ3) is 7.66. The number of rotatable bonds is 2. The molecule has 0 heterocycles. The van der Waals surface area contributed by atoms with Crippen LogP contribution in [0.2, 0.25) is 0 Å². The fraction of sp³-hybridized carbons (Fsp3) is 0.538. The molecule has 0 amide bonds. The van der Waals surface area contributed by atoms with Crippen LogP contribution < -0.4 is 5.73 Å². The normalized spacial score (nSPS) is 7.79. The first kappa shape index (κ1) is 15.5. The minimum absolute atomic E-state index is 0.847. The molecular weight excluding hydrogens is 170 g/mol. The van der Waals surface area contributed by atoms with Gasteiger partial charge in [-0.25, -0.2) is 0 Å². The number of benzene rings is 1. The molecule has 2 N–H and O–H groups in total. The molecule has 0 aromatic heterocycles. The van der Waals surface area contributed by atoms with E-state index in [1.807, 2.05) is 39.8 Å². The molecule has 1 rings (SSSR count). The van der Waals surface area contributed by atoms with Gasteiger partial charge in [-0.1, -0.05) is 53.2 Å². The zero-order valence-corrected chi connectivity index (χ0v) is 10.3. The Morgan fingerprint density at radius 3 is 1.71 bits per heavy atom. The molecule has 1 heteroatoms. The lowest BCUT2D eigenvalue weighted by atomic mass is 10.1. The van der Waals surface area contributed by atoms with Crippen molar-refractivity contribution in [3.8, 4) is 0 Å². The van der Waals surface area contributed by atoms with Crippen LogP contribution in [0.4, 0.5) is 5.69 Å². The minimum atomic E-state index is 0.847. The Balaban J connectivity index is 0. The molecule has 0 unspecified atom stereocenters. The summed E-state index contributed by atoms with van der Waals surface area (Å²) in [6.45, 7) is 10.2. The summed E-state index contributed by atoms with van der Waals surface area (Å²) in [5.74, 6) is 0. The number of nitrogen functional groups attached to an aromatic ring is 1. The van der Waals surface area contributed by atoms with Gasteiger partial charge in [0.25, 0.3) is 0 Å². The lowest BCUT2D eigenvalue weighted by Crippen LogP contribution is -1.86. The smallest absolute Gasteiger partial charge is 0.0314 e. The Kier molecular flexibility index (Phi) is 13.3. The zero-order chi connectivity index (χ0) is 11.4. The zero-order valence-electron chi connectivity index (χ0n) is 10.3. The molecule has 1 aromatic rings. The minimum Gasteiger partial charge on any atom is -0.399 e. The summed E-state index contributed by atoms with van der Waals surface area (Å²) in [4.78, 5) is 0. The van der Waals surface area contributed by atoms with Crippen molar-refractivity contribution in [1.82, 2.24) is 0 Å². The Labute approximate surface area is 89.3 Å². The van der Waals surface area contributed by atoms with Crippen LogP contribution in [-0.2, 0) is 6.42 Å². The molecule has 0 spiro atoms. The van der Waals surface area contributed by atoms with Gasteiger partial charge in [0.05, 0.1) is 0 Å². The van der Waals surface area contributed by atoms with Crippen LogP contribution in [0.15, 0.2) is 24.3 Å². The summed E-state index contributed by atoms with van der Waals surface area (Å²) in [6, 6.07) is 8.06. The molecule has 82 valence electrons. The molecule has 1 nitrogen and oxygen atoms in total. The highest BCUT2D eigenvalue weighted by atomic mass is 14.5. The molecule has 0 aliphatic heterocycles. The van der Waals surface area contributed by atoms with Crippen LogP contribution in [-0.4, -0.2) is 0 Å². The molecule has 0 fully saturated rings. The second kappa shape index (κ2) is 12.0. The lowest BCUT2D eigenvalue weighted by molar-refractivity contribution is 0.922. The van der Waals surface area contributed by atoms with Gasteiger partial charge in [0.15, 0.2) is 0 Å². The summed E-state index contributed by atoms with van der Waals surface area (Å²) < 4.78 is 0. The van der Waals surface area contributed by atoms with Gasteiger partial charge in [-0.2, -0.15) is 0 Å².